The molecule has 0 saturated heterocycles. The molecule has 0 aliphatic carbocycles. The molecule has 0 N–H and O–H groups in total. The molecular weight excluding hydrogens is 180 g/mol. The molecule has 0 atom stereocenters. The third-order valence-corrected chi connectivity index (χ3v) is 1.59. The molecule has 0 radical (unpaired) electrons. The Labute approximate surface area is 84.8 Å². The van der Waals surface area contributed by atoms with Gasteiger partial charge >= 0.3 is 5.97 Å². The molecule has 0 fully saturated rings. The molecule has 0 aromatic rings. The molecule has 0 heterocycles. The smallest absolute Gasteiger partial charge is 0.366 e. The van der Waals surface area contributed by atoms with Crippen molar-refractivity contribution in [1.29, 1.82) is 0 Å². The van der Waals surface area contributed by atoms with Crippen molar-refractivity contribution in [3.8, 4) is 12.0 Å². The molecule has 0 aliphatic heterocycles. The van der Waals surface area contributed by atoms with Gasteiger partial charge in [0, 0.05) is 13.3 Å². The number of rotatable bonds is 4. The lowest BCUT2D eigenvalue weighted by atomic mass is 10.1. The standard InChI is InChI=1S/C11H16O3/c1-9(2)7-5-4-6-8-14-11(13)10(3)12/h9H,4-5,7H2,1-3H3. The predicted octanol–water partition coefficient (Wildman–Crippen LogP) is 1.91. The van der Waals surface area contributed by atoms with Crippen molar-refractivity contribution in [3.63, 3.8) is 0 Å². The summed E-state index contributed by atoms with van der Waals surface area (Å²) in [5.74, 6) is 1.83. The monoisotopic (exact) mass is 196 g/mol. The molecule has 0 amide bonds. The van der Waals surface area contributed by atoms with Gasteiger partial charge < -0.3 is 4.74 Å². The highest BCUT2D eigenvalue weighted by Crippen LogP contribution is 2.04. The molecule has 3 nitrogen and oxygen atoms in total. The Hall–Kier alpha value is -1.30. The lowest BCUT2D eigenvalue weighted by Crippen LogP contribution is -2.10. The topological polar surface area (TPSA) is 43.4 Å². The molecule has 3 heteroatoms. The molecule has 0 aliphatic rings. The quantitative estimate of drug-likeness (QED) is 0.298. The Balaban J connectivity index is 3.54. The van der Waals surface area contributed by atoms with Crippen LogP contribution >= 0.6 is 0 Å². The Morgan fingerprint density at radius 2 is 2.00 bits per heavy atom. The lowest BCUT2D eigenvalue weighted by molar-refractivity contribution is -0.147. The minimum absolute atomic E-state index is 0.624. The first-order valence-electron chi connectivity index (χ1n) is 4.73. The first kappa shape index (κ1) is 12.7. The zero-order valence-corrected chi connectivity index (χ0v) is 8.92. The van der Waals surface area contributed by atoms with Crippen LogP contribution in [0.25, 0.3) is 0 Å². The number of hydrogen-bond donors (Lipinski definition) is 0. The molecule has 78 valence electrons. The van der Waals surface area contributed by atoms with Crippen molar-refractivity contribution in [2.24, 2.45) is 5.92 Å². The number of unbranched alkanes of at least 4 members (excludes halogenated alkanes) is 1. The second-order valence-electron chi connectivity index (χ2n) is 3.51. The van der Waals surface area contributed by atoms with Crippen LogP contribution < -0.4 is 0 Å². The zero-order chi connectivity index (χ0) is 11.0. The van der Waals surface area contributed by atoms with Crippen molar-refractivity contribution in [2.75, 3.05) is 0 Å². The van der Waals surface area contributed by atoms with E-state index < -0.39 is 11.8 Å². The normalized spacial score (nSPS) is 9.14. The number of ether oxygens (including phenoxy) is 1. The van der Waals surface area contributed by atoms with E-state index in [4.69, 9.17) is 0 Å². The van der Waals surface area contributed by atoms with Crippen LogP contribution in [0.4, 0.5) is 0 Å². The highest BCUT2D eigenvalue weighted by Gasteiger charge is 2.06. The maximum atomic E-state index is 10.6. The zero-order valence-electron chi connectivity index (χ0n) is 8.92. The molecule has 0 spiro atoms. The van der Waals surface area contributed by atoms with Crippen LogP contribution in [0.15, 0.2) is 0 Å². The fourth-order valence-corrected chi connectivity index (χ4v) is 0.804. The SMILES string of the molecule is CC(=O)C(=O)OC#CCCCC(C)C. The van der Waals surface area contributed by atoms with Gasteiger partial charge in [0.2, 0.25) is 5.78 Å². The molecule has 0 unspecified atom stereocenters. The summed E-state index contributed by atoms with van der Waals surface area (Å²) in [7, 11) is 0. The second-order valence-corrected chi connectivity index (χ2v) is 3.51. The predicted molar refractivity (Wildman–Crippen MR) is 53.2 cm³/mol. The van der Waals surface area contributed by atoms with Crippen LogP contribution in [0, 0.1) is 17.9 Å². The summed E-state index contributed by atoms with van der Waals surface area (Å²) in [5.41, 5.74) is 0. The summed E-state index contributed by atoms with van der Waals surface area (Å²) in [4.78, 5) is 21.0. The molecule has 0 aromatic heterocycles. The van der Waals surface area contributed by atoms with Crippen LogP contribution in [-0.4, -0.2) is 11.8 Å². The number of esters is 1. The summed E-state index contributed by atoms with van der Waals surface area (Å²) < 4.78 is 4.36. The largest absolute Gasteiger partial charge is 0.388 e. The summed E-state index contributed by atoms with van der Waals surface area (Å²) in [5, 5.41) is 0. The molecule has 0 saturated carbocycles. The van der Waals surface area contributed by atoms with Crippen molar-refractivity contribution < 1.29 is 14.3 Å². The Morgan fingerprint density at radius 1 is 1.36 bits per heavy atom. The first-order chi connectivity index (χ1) is 6.54. The maximum Gasteiger partial charge on any atom is 0.388 e. The van der Waals surface area contributed by atoms with Gasteiger partial charge in [-0.15, -0.1) is 0 Å². The molecule has 0 bridgehead atoms. The van der Waals surface area contributed by atoms with Crippen LogP contribution in [0.1, 0.15) is 40.0 Å². The summed E-state index contributed by atoms with van der Waals surface area (Å²) in [6, 6.07) is 0. The Kier molecular flexibility index (Phi) is 6.47. The fourth-order valence-electron chi connectivity index (χ4n) is 0.804. The number of carbonyl (C=O) groups excluding carboxylic acids is 2. The minimum Gasteiger partial charge on any atom is -0.366 e. The molecule has 0 rings (SSSR count). The van der Waals surface area contributed by atoms with Crippen molar-refractivity contribution >= 4 is 11.8 Å². The average Bonchev–Trinajstić information content (AvgIpc) is 2.09. The van der Waals surface area contributed by atoms with Crippen LogP contribution in [0.5, 0.6) is 0 Å². The summed E-state index contributed by atoms with van der Waals surface area (Å²) >= 11 is 0. The van der Waals surface area contributed by atoms with Gasteiger partial charge in [0.25, 0.3) is 0 Å². The van der Waals surface area contributed by atoms with Gasteiger partial charge in [-0.2, -0.15) is 0 Å². The van der Waals surface area contributed by atoms with E-state index in [1.807, 2.05) is 0 Å². The van der Waals surface area contributed by atoms with Gasteiger partial charge in [0.15, 0.2) is 0 Å². The molecular formula is C11H16O3. The summed E-state index contributed by atoms with van der Waals surface area (Å²) in [6.45, 7) is 5.44. The number of hydrogen-bond acceptors (Lipinski definition) is 3. The maximum absolute atomic E-state index is 10.6. The average molecular weight is 196 g/mol. The van der Waals surface area contributed by atoms with Gasteiger partial charge in [0.1, 0.15) is 6.11 Å². The van der Waals surface area contributed by atoms with E-state index in [0.29, 0.717) is 12.3 Å². The van der Waals surface area contributed by atoms with Gasteiger partial charge in [-0.3, -0.25) is 4.79 Å². The van der Waals surface area contributed by atoms with E-state index in [2.05, 4.69) is 30.6 Å². The van der Waals surface area contributed by atoms with E-state index in [0.717, 1.165) is 19.8 Å². The highest BCUT2D eigenvalue weighted by molar-refractivity contribution is 6.32. The summed E-state index contributed by atoms with van der Waals surface area (Å²) in [6.07, 6.45) is 5.01. The second kappa shape index (κ2) is 7.14. The molecule has 0 aromatic carbocycles. The minimum atomic E-state index is -0.888. The van der Waals surface area contributed by atoms with Gasteiger partial charge in [-0.1, -0.05) is 26.2 Å². The first-order valence-corrected chi connectivity index (χ1v) is 4.73. The van der Waals surface area contributed by atoms with Crippen LogP contribution in [0.2, 0.25) is 0 Å². The Morgan fingerprint density at radius 3 is 2.50 bits per heavy atom. The fraction of sp³-hybridized carbons (Fsp3) is 0.636. The van der Waals surface area contributed by atoms with Gasteiger partial charge in [-0.25, -0.2) is 4.79 Å². The van der Waals surface area contributed by atoms with Crippen LogP contribution in [0.3, 0.4) is 0 Å². The van der Waals surface area contributed by atoms with E-state index in [9.17, 15) is 9.59 Å². The highest BCUT2D eigenvalue weighted by atomic mass is 16.5. The third kappa shape index (κ3) is 7.35. The van der Waals surface area contributed by atoms with E-state index in [1.54, 1.807) is 0 Å². The van der Waals surface area contributed by atoms with E-state index in [-0.39, 0.29) is 0 Å². The van der Waals surface area contributed by atoms with E-state index >= 15 is 0 Å². The molecule has 14 heavy (non-hydrogen) atoms. The van der Waals surface area contributed by atoms with E-state index in [1.165, 1.54) is 0 Å². The van der Waals surface area contributed by atoms with Gasteiger partial charge in [-0.05, 0) is 12.3 Å². The van der Waals surface area contributed by atoms with Crippen molar-refractivity contribution in [1.82, 2.24) is 0 Å². The lowest BCUT2D eigenvalue weighted by Gasteiger charge is -1.98. The number of ketones is 1. The third-order valence-electron chi connectivity index (χ3n) is 1.59. The number of Topliss-reactive ketones (excluding diaryl/α,β-unsaturated/α-hetero) is 1. The van der Waals surface area contributed by atoms with Crippen molar-refractivity contribution in [2.45, 2.75) is 40.0 Å². The number of carbonyl (C=O) groups is 2. The van der Waals surface area contributed by atoms with Crippen molar-refractivity contribution in [3.05, 3.63) is 0 Å². The van der Waals surface area contributed by atoms with Gasteiger partial charge in [0.05, 0.1) is 0 Å². The van der Waals surface area contributed by atoms with Crippen LogP contribution in [-0.2, 0) is 14.3 Å². The Bertz CT molecular complexity index is 255.